The predicted octanol–water partition coefficient (Wildman–Crippen LogP) is 2.51. The summed E-state index contributed by atoms with van der Waals surface area (Å²) in [5.74, 6) is -0.103. The maximum atomic E-state index is 12.4. The Morgan fingerprint density at radius 3 is 2.88 bits per heavy atom. The van der Waals surface area contributed by atoms with E-state index in [2.05, 4.69) is 37.6 Å². The third-order valence-electron chi connectivity index (χ3n) is 4.24. The van der Waals surface area contributed by atoms with Crippen LogP contribution in [0.4, 0.5) is 5.69 Å². The number of pyridine rings is 1. The highest BCUT2D eigenvalue weighted by Crippen LogP contribution is 2.17. The van der Waals surface area contributed by atoms with E-state index in [9.17, 15) is 4.79 Å². The van der Waals surface area contributed by atoms with E-state index in [1.54, 1.807) is 12.4 Å². The zero-order chi connectivity index (χ0) is 18.4. The standard InChI is InChI=1S/C20H25N5O/c1-25(2)10-9-22-17-11-16(12-21-14-17)20(26)23-8-7-15-13-24-19-6-4-3-5-18(15)19/h3-6,11-14,22,24H,7-10H2,1-2H3,(H,23,26). The average molecular weight is 351 g/mol. The normalized spacial score (nSPS) is 11.0. The predicted molar refractivity (Wildman–Crippen MR) is 106 cm³/mol. The Balaban J connectivity index is 1.53. The van der Waals surface area contributed by atoms with Crippen LogP contribution in [0.2, 0.25) is 0 Å². The van der Waals surface area contributed by atoms with Crippen LogP contribution in [0.1, 0.15) is 15.9 Å². The number of rotatable bonds is 8. The monoisotopic (exact) mass is 351 g/mol. The number of carbonyl (C=O) groups excluding carboxylic acids is 1. The van der Waals surface area contributed by atoms with Crippen molar-refractivity contribution >= 4 is 22.5 Å². The summed E-state index contributed by atoms with van der Waals surface area (Å²) in [6.45, 7) is 2.31. The van der Waals surface area contributed by atoms with Gasteiger partial charge in [0.25, 0.3) is 5.91 Å². The summed E-state index contributed by atoms with van der Waals surface area (Å²) >= 11 is 0. The van der Waals surface area contributed by atoms with Crippen LogP contribution < -0.4 is 10.6 Å². The van der Waals surface area contributed by atoms with E-state index in [0.717, 1.165) is 30.7 Å². The van der Waals surface area contributed by atoms with Crippen LogP contribution >= 0.6 is 0 Å². The quantitative estimate of drug-likeness (QED) is 0.583. The smallest absolute Gasteiger partial charge is 0.252 e. The van der Waals surface area contributed by atoms with Crippen LogP contribution in [0.3, 0.4) is 0 Å². The van der Waals surface area contributed by atoms with Crippen molar-refractivity contribution in [2.24, 2.45) is 0 Å². The van der Waals surface area contributed by atoms with Gasteiger partial charge in [0.05, 0.1) is 11.3 Å². The number of nitrogens with zero attached hydrogens (tertiary/aromatic N) is 2. The minimum Gasteiger partial charge on any atom is -0.382 e. The zero-order valence-corrected chi connectivity index (χ0v) is 15.2. The Kier molecular flexibility index (Phi) is 5.86. The Labute approximate surface area is 153 Å². The first-order valence-electron chi connectivity index (χ1n) is 8.80. The fraction of sp³-hybridized carbons (Fsp3) is 0.300. The first kappa shape index (κ1) is 17.9. The number of para-hydroxylation sites is 1. The van der Waals surface area contributed by atoms with Gasteiger partial charge in [-0.15, -0.1) is 0 Å². The lowest BCUT2D eigenvalue weighted by atomic mass is 10.1. The van der Waals surface area contributed by atoms with Crippen LogP contribution in [0, 0.1) is 0 Å². The van der Waals surface area contributed by atoms with E-state index in [1.807, 2.05) is 38.5 Å². The highest BCUT2D eigenvalue weighted by atomic mass is 16.1. The lowest BCUT2D eigenvalue weighted by molar-refractivity contribution is 0.0954. The third kappa shape index (κ3) is 4.61. The molecule has 0 aliphatic heterocycles. The summed E-state index contributed by atoms with van der Waals surface area (Å²) < 4.78 is 0. The largest absolute Gasteiger partial charge is 0.382 e. The van der Waals surface area contributed by atoms with E-state index < -0.39 is 0 Å². The molecule has 0 unspecified atom stereocenters. The molecule has 0 bridgehead atoms. The molecule has 6 nitrogen and oxygen atoms in total. The first-order chi connectivity index (χ1) is 12.6. The van der Waals surface area contributed by atoms with Crippen LogP contribution in [-0.4, -0.2) is 54.5 Å². The molecule has 0 radical (unpaired) electrons. The molecule has 0 saturated heterocycles. The maximum absolute atomic E-state index is 12.4. The molecule has 1 aromatic carbocycles. The van der Waals surface area contributed by atoms with Crippen molar-refractivity contribution in [2.75, 3.05) is 39.0 Å². The van der Waals surface area contributed by atoms with Gasteiger partial charge in [0.1, 0.15) is 0 Å². The van der Waals surface area contributed by atoms with E-state index in [1.165, 1.54) is 10.9 Å². The van der Waals surface area contributed by atoms with Gasteiger partial charge >= 0.3 is 0 Å². The first-order valence-corrected chi connectivity index (χ1v) is 8.80. The van der Waals surface area contributed by atoms with Gasteiger partial charge in [-0.05, 0) is 38.2 Å². The molecule has 136 valence electrons. The number of amides is 1. The lowest BCUT2D eigenvalue weighted by Gasteiger charge is -2.12. The molecule has 1 amide bonds. The van der Waals surface area contributed by atoms with Gasteiger partial charge in [0.15, 0.2) is 0 Å². The fourth-order valence-corrected chi connectivity index (χ4v) is 2.84. The molecule has 2 heterocycles. The summed E-state index contributed by atoms with van der Waals surface area (Å²) in [6, 6.07) is 10.0. The molecular weight excluding hydrogens is 326 g/mol. The number of carbonyl (C=O) groups is 1. The summed E-state index contributed by atoms with van der Waals surface area (Å²) in [4.78, 5) is 21.9. The van der Waals surface area contributed by atoms with Gasteiger partial charge in [-0.3, -0.25) is 9.78 Å². The van der Waals surface area contributed by atoms with Gasteiger partial charge < -0.3 is 20.5 Å². The SMILES string of the molecule is CN(C)CCNc1cncc(C(=O)NCCc2c[nH]c3ccccc23)c1. The summed E-state index contributed by atoms with van der Waals surface area (Å²) in [5.41, 5.74) is 3.75. The second kappa shape index (κ2) is 8.49. The van der Waals surface area contributed by atoms with Crippen molar-refractivity contribution < 1.29 is 4.79 Å². The molecule has 3 aromatic rings. The van der Waals surface area contributed by atoms with Gasteiger partial charge in [-0.1, -0.05) is 18.2 Å². The number of nitrogens with one attached hydrogen (secondary N) is 3. The topological polar surface area (TPSA) is 73.1 Å². The number of hydrogen-bond acceptors (Lipinski definition) is 4. The Bertz CT molecular complexity index is 871. The minimum atomic E-state index is -0.103. The molecule has 26 heavy (non-hydrogen) atoms. The maximum Gasteiger partial charge on any atom is 0.252 e. The average Bonchev–Trinajstić information content (AvgIpc) is 3.05. The van der Waals surface area contributed by atoms with E-state index in [0.29, 0.717) is 12.1 Å². The van der Waals surface area contributed by atoms with Crippen molar-refractivity contribution in [3.05, 3.63) is 60.0 Å². The van der Waals surface area contributed by atoms with E-state index in [-0.39, 0.29) is 5.91 Å². The minimum absolute atomic E-state index is 0.103. The zero-order valence-electron chi connectivity index (χ0n) is 15.2. The molecule has 0 aliphatic carbocycles. The molecule has 0 fully saturated rings. The number of hydrogen-bond donors (Lipinski definition) is 3. The molecule has 0 spiro atoms. The number of benzene rings is 1. The second-order valence-corrected chi connectivity index (χ2v) is 6.56. The van der Waals surface area contributed by atoms with Crippen molar-refractivity contribution in [2.45, 2.75) is 6.42 Å². The molecule has 3 N–H and O–H groups in total. The van der Waals surface area contributed by atoms with Gasteiger partial charge in [-0.25, -0.2) is 0 Å². The molecule has 3 rings (SSSR count). The molecule has 0 atom stereocenters. The van der Waals surface area contributed by atoms with Crippen LogP contribution in [-0.2, 0) is 6.42 Å². The molecule has 0 saturated carbocycles. The van der Waals surface area contributed by atoms with Crippen molar-refractivity contribution in [3.63, 3.8) is 0 Å². The van der Waals surface area contributed by atoms with Gasteiger partial charge in [0.2, 0.25) is 0 Å². The van der Waals surface area contributed by atoms with Crippen LogP contribution in [0.5, 0.6) is 0 Å². The number of likely N-dealkylation sites (N-methyl/N-ethyl adjacent to an activating group) is 1. The summed E-state index contributed by atoms with van der Waals surface area (Å²) in [7, 11) is 4.05. The van der Waals surface area contributed by atoms with Crippen LogP contribution in [0.25, 0.3) is 10.9 Å². The number of anilines is 1. The number of fused-ring (bicyclic) bond motifs is 1. The fourth-order valence-electron chi connectivity index (χ4n) is 2.84. The number of H-pyrrole nitrogens is 1. The Morgan fingerprint density at radius 2 is 2.04 bits per heavy atom. The Morgan fingerprint density at radius 1 is 1.19 bits per heavy atom. The summed E-state index contributed by atoms with van der Waals surface area (Å²) in [6.07, 6.45) is 6.12. The van der Waals surface area contributed by atoms with E-state index >= 15 is 0 Å². The number of aromatic nitrogens is 2. The van der Waals surface area contributed by atoms with Crippen molar-refractivity contribution in [1.82, 2.24) is 20.2 Å². The molecule has 6 heteroatoms. The molecule has 0 aliphatic rings. The third-order valence-corrected chi connectivity index (χ3v) is 4.24. The van der Waals surface area contributed by atoms with E-state index in [4.69, 9.17) is 0 Å². The van der Waals surface area contributed by atoms with Crippen LogP contribution in [0.15, 0.2) is 48.9 Å². The molecule has 2 aromatic heterocycles. The highest BCUT2D eigenvalue weighted by Gasteiger charge is 2.08. The number of aromatic amines is 1. The second-order valence-electron chi connectivity index (χ2n) is 6.56. The van der Waals surface area contributed by atoms with Crippen molar-refractivity contribution in [3.8, 4) is 0 Å². The van der Waals surface area contributed by atoms with Crippen molar-refractivity contribution in [1.29, 1.82) is 0 Å². The van der Waals surface area contributed by atoms with Gasteiger partial charge in [-0.2, -0.15) is 0 Å². The highest BCUT2D eigenvalue weighted by molar-refractivity contribution is 5.94. The lowest BCUT2D eigenvalue weighted by Crippen LogP contribution is -2.26. The summed E-state index contributed by atoms with van der Waals surface area (Å²) in [5, 5.41) is 7.46. The van der Waals surface area contributed by atoms with Gasteiger partial charge in [0, 0.05) is 49.1 Å². The Hall–Kier alpha value is -2.86. The molecular formula is C20H25N5O.